The number of benzene rings is 2. The quantitative estimate of drug-likeness (QED) is 0.470. The average Bonchev–Trinajstić information content (AvgIpc) is 2.67. The van der Waals surface area contributed by atoms with Gasteiger partial charge in [-0.2, -0.15) is 0 Å². The second-order valence-corrected chi connectivity index (χ2v) is 5.94. The van der Waals surface area contributed by atoms with Gasteiger partial charge in [-0.25, -0.2) is 0 Å². The van der Waals surface area contributed by atoms with Gasteiger partial charge in [0.25, 0.3) is 0 Å². The van der Waals surface area contributed by atoms with Gasteiger partial charge in [0.05, 0.1) is 26.9 Å². The Balaban J connectivity index is 1.75. The molecule has 4 N–H and O–H groups in total. The molecule has 1 atom stereocenters. The molecule has 2 aromatic carbocycles. The first-order valence-corrected chi connectivity index (χ1v) is 8.59. The largest absolute Gasteiger partial charge is 0.493 e. The molecule has 0 spiro atoms. The minimum absolute atomic E-state index is 0.268. The summed E-state index contributed by atoms with van der Waals surface area (Å²) in [5.74, 6) is 1.74. The van der Waals surface area contributed by atoms with E-state index >= 15 is 0 Å². The summed E-state index contributed by atoms with van der Waals surface area (Å²) in [6.07, 6.45) is 0.774. The smallest absolute Gasteiger partial charge is 0.188 e. The molecule has 0 saturated heterocycles. The summed E-state index contributed by atoms with van der Waals surface area (Å²) in [6.45, 7) is 0.906. The lowest BCUT2D eigenvalue weighted by atomic mass is 10.1. The maximum Gasteiger partial charge on any atom is 0.188 e. The van der Waals surface area contributed by atoms with Gasteiger partial charge in [0.15, 0.2) is 17.5 Å². The Hall–Kier alpha value is -2.73. The molecule has 140 valence electrons. The van der Waals surface area contributed by atoms with Crippen LogP contribution in [0.4, 0.5) is 0 Å². The van der Waals surface area contributed by atoms with Crippen LogP contribution in [0, 0.1) is 0 Å². The topological polar surface area (TPSA) is 89.1 Å². The van der Waals surface area contributed by atoms with Crippen molar-refractivity contribution >= 4 is 5.96 Å². The third-order valence-electron chi connectivity index (χ3n) is 3.95. The molecule has 0 aliphatic carbocycles. The number of nitrogens with one attached hydrogen (secondary N) is 1. The van der Waals surface area contributed by atoms with Crippen molar-refractivity contribution in [2.75, 3.05) is 27.3 Å². The standard InChI is InChI=1S/C20H27N3O3/c1-25-18-9-8-16(13-19(18)26-2)10-11-22-20(21)23-14-17(24)12-15-6-4-3-5-7-15/h3-9,13,17,24H,10-12,14H2,1-2H3,(H3,21,22,23). The van der Waals surface area contributed by atoms with Crippen LogP contribution in [0.25, 0.3) is 0 Å². The van der Waals surface area contributed by atoms with Crippen LogP contribution in [0.3, 0.4) is 0 Å². The van der Waals surface area contributed by atoms with Crippen molar-refractivity contribution in [1.29, 1.82) is 0 Å². The fraction of sp³-hybridized carbons (Fsp3) is 0.350. The maximum atomic E-state index is 10.0. The van der Waals surface area contributed by atoms with Crippen LogP contribution >= 0.6 is 0 Å². The number of aliphatic imine (C=N–C) groups is 1. The van der Waals surface area contributed by atoms with E-state index < -0.39 is 6.10 Å². The molecule has 0 radical (unpaired) electrons. The number of nitrogens with two attached hydrogens (primary N) is 1. The number of aliphatic hydroxyl groups is 1. The molecule has 0 aliphatic heterocycles. The minimum atomic E-state index is -0.552. The lowest BCUT2D eigenvalue weighted by molar-refractivity contribution is 0.184. The van der Waals surface area contributed by atoms with Gasteiger partial charge in [0.2, 0.25) is 0 Å². The van der Waals surface area contributed by atoms with Gasteiger partial charge in [-0.1, -0.05) is 36.4 Å². The van der Waals surface area contributed by atoms with E-state index in [0.29, 0.717) is 30.4 Å². The number of hydrogen-bond donors (Lipinski definition) is 3. The van der Waals surface area contributed by atoms with Gasteiger partial charge in [-0.3, -0.25) is 4.99 Å². The van der Waals surface area contributed by atoms with Gasteiger partial charge in [0.1, 0.15) is 0 Å². The van der Waals surface area contributed by atoms with Crippen LogP contribution in [-0.4, -0.2) is 44.5 Å². The third-order valence-corrected chi connectivity index (χ3v) is 3.95. The summed E-state index contributed by atoms with van der Waals surface area (Å²) < 4.78 is 10.5. The highest BCUT2D eigenvalue weighted by atomic mass is 16.5. The highest BCUT2D eigenvalue weighted by Gasteiger charge is 2.06. The number of guanidine groups is 1. The summed E-state index contributed by atoms with van der Waals surface area (Å²) in [5, 5.41) is 13.1. The third kappa shape index (κ3) is 6.29. The molecule has 1 unspecified atom stereocenters. The summed E-state index contributed by atoms with van der Waals surface area (Å²) in [6, 6.07) is 15.6. The van der Waals surface area contributed by atoms with Crippen molar-refractivity contribution in [3.8, 4) is 11.5 Å². The lowest BCUT2D eigenvalue weighted by Crippen LogP contribution is -2.34. The molecule has 0 saturated carbocycles. The maximum absolute atomic E-state index is 10.0. The molecule has 26 heavy (non-hydrogen) atoms. The highest BCUT2D eigenvalue weighted by molar-refractivity contribution is 5.77. The Kier molecular flexibility index (Phi) is 7.76. The fourth-order valence-corrected chi connectivity index (χ4v) is 2.58. The van der Waals surface area contributed by atoms with Crippen molar-refractivity contribution in [1.82, 2.24) is 5.32 Å². The van der Waals surface area contributed by atoms with Crippen molar-refractivity contribution in [2.45, 2.75) is 18.9 Å². The number of hydrogen-bond acceptors (Lipinski definition) is 4. The zero-order valence-corrected chi connectivity index (χ0v) is 15.3. The van der Waals surface area contributed by atoms with Gasteiger partial charge in [-0.15, -0.1) is 0 Å². The van der Waals surface area contributed by atoms with Gasteiger partial charge < -0.3 is 25.6 Å². The zero-order chi connectivity index (χ0) is 18.8. The molecule has 0 aromatic heterocycles. The Morgan fingerprint density at radius 3 is 2.50 bits per heavy atom. The van der Waals surface area contributed by atoms with E-state index in [1.165, 1.54) is 0 Å². The molecule has 0 heterocycles. The number of methoxy groups -OCH3 is 2. The molecule has 0 aliphatic rings. The van der Waals surface area contributed by atoms with Gasteiger partial charge in [0, 0.05) is 13.0 Å². The Labute approximate surface area is 154 Å². The predicted molar refractivity (Wildman–Crippen MR) is 104 cm³/mol. The molecule has 6 heteroatoms. The van der Waals surface area contributed by atoms with E-state index in [9.17, 15) is 5.11 Å². The van der Waals surface area contributed by atoms with Crippen molar-refractivity contribution in [2.24, 2.45) is 10.7 Å². The first-order chi connectivity index (χ1) is 12.6. The molecule has 0 amide bonds. The SMILES string of the molecule is COc1ccc(CCNC(N)=NCC(O)Cc2ccccc2)cc1OC. The second-order valence-electron chi connectivity index (χ2n) is 5.94. The van der Waals surface area contributed by atoms with E-state index in [0.717, 1.165) is 17.5 Å². The molecule has 0 fully saturated rings. The number of aliphatic hydroxyl groups excluding tert-OH is 1. The lowest BCUT2D eigenvalue weighted by Gasteiger charge is -2.11. The number of ether oxygens (including phenoxy) is 2. The molecule has 2 rings (SSSR count). The average molecular weight is 357 g/mol. The van der Waals surface area contributed by atoms with Crippen LogP contribution < -0.4 is 20.5 Å². The van der Waals surface area contributed by atoms with Crippen LogP contribution in [0.5, 0.6) is 11.5 Å². The summed E-state index contributed by atoms with van der Waals surface area (Å²) in [5.41, 5.74) is 8.05. The Morgan fingerprint density at radius 2 is 1.81 bits per heavy atom. The van der Waals surface area contributed by atoms with E-state index in [1.54, 1.807) is 14.2 Å². The summed E-state index contributed by atoms with van der Waals surface area (Å²) >= 11 is 0. The fourth-order valence-electron chi connectivity index (χ4n) is 2.58. The molecular weight excluding hydrogens is 330 g/mol. The van der Waals surface area contributed by atoms with Crippen LogP contribution in [0.15, 0.2) is 53.5 Å². The normalized spacial score (nSPS) is 12.5. The molecule has 0 bridgehead atoms. The van der Waals surface area contributed by atoms with Crippen molar-refractivity contribution in [3.05, 3.63) is 59.7 Å². The van der Waals surface area contributed by atoms with Crippen LogP contribution in [0.2, 0.25) is 0 Å². The Bertz CT molecular complexity index is 705. The van der Waals surface area contributed by atoms with E-state index in [1.807, 2.05) is 48.5 Å². The van der Waals surface area contributed by atoms with E-state index in [2.05, 4.69) is 10.3 Å². The number of nitrogens with zero attached hydrogens (tertiary/aromatic N) is 1. The first kappa shape index (κ1) is 19.6. The van der Waals surface area contributed by atoms with Crippen molar-refractivity contribution in [3.63, 3.8) is 0 Å². The molecule has 6 nitrogen and oxygen atoms in total. The zero-order valence-electron chi connectivity index (χ0n) is 15.3. The van der Waals surface area contributed by atoms with E-state index in [-0.39, 0.29) is 6.54 Å². The number of rotatable bonds is 9. The first-order valence-electron chi connectivity index (χ1n) is 8.59. The summed E-state index contributed by atoms with van der Waals surface area (Å²) in [7, 11) is 3.23. The minimum Gasteiger partial charge on any atom is -0.493 e. The van der Waals surface area contributed by atoms with E-state index in [4.69, 9.17) is 15.2 Å². The van der Waals surface area contributed by atoms with Crippen LogP contribution in [-0.2, 0) is 12.8 Å². The second kappa shape index (κ2) is 10.3. The highest BCUT2D eigenvalue weighted by Crippen LogP contribution is 2.27. The van der Waals surface area contributed by atoms with Gasteiger partial charge in [-0.05, 0) is 29.7 Å². The molecule has 2 aromatic rings. The summed E-state index contributed by atoms with van der Waals surface area (Å²) in [4.78, 5) is 4.20. The predicted octanol–water partition coefficient (Wildman–Crippen LogP) is 1.75. The Morgan fingerprint density at radius 1 is 1.08 bits per heavy atom. The molecular formula is C20H27N3O3. The van der Waals surface area contributed by atoms with Crippen molar-refractivity contribution < 1.29 is 14.6 Å². The monoisotopic (exact) mass is 357 g/mol. The van der Waals surface area contributed by atoms with Gasteiger partial charge >= 0.3 is 0 Å². The van der Waals surface area contributed by atoms with Crippen LogP contribution in [0.1, 0.15) is 11.1 Å².